The van der Waals surface area contributed by atoms with Gasteiger partial charge in [-0.1, -0.05) is 13.2 Å². The molecule has 0 aromatic carbocycles. The maximum Gasteiger partial charge on any atom is 0.334 e. The maximum atomic E-state index is 12.2. The van der Waals surface area contributed by atoms with Crippen molar-refractivity contribution >= 4 is 5.97 Å². The van der Waals surface area contributed by atoms with Gasteiger partial charge >= 0.3 is 5.97 Å². The molecule has 0 aromatic rings. The van der Waals surface area contributed by atoms with Crippen molar-refractivity contribution in [3.8, 4) is 0 Å². The first-order chi connectivity index (χ1) is 13.2. The van der Waals surface area contributed by atoms with Crippen LogP contribution in [-0.2, 0) is 23.7 Å². The van der Waals surface area contributed by atoms with Gasteiger partial charge in [0.25, 0.3) is 0 Å². The number of rotatable bonds is 4. The zero-order valence-corrected chi connectivity index (χ0v) is 15.2. The Morgan fingerprint density at radius 1 is 1.46 bits per heavy atom. The van der Waals surface area contributed by atoms with Gasteiger partial charge in [0.15, 0.2) is 18.2 Å². The maximum absolute atomic E-state index is 12.2. The van der Waals surface area contributed by atoms with Crippen LogP contribution in [-0.4, -0.2) is 75.8 Å². The Bertz CT molecular complexity index is 746. The molecule has 7 unspecified atom stereocenters. The number of hydrogen-bond donors (Lipinski definition) is 4. The third kappa shape index (κ3) is 2.94. The average molecular weight is 396 g/mol. The minimum absolute atomic E-state index is 0.0191. The van der Waals surface area contributed by atoms with Gasteiger partial charge < -0.3 is 39.4 Å². The summed E-state index contributed by atoms with van der Waals surface area (Å²) in [5, 5.41) is 40.8. The summed E-state index contributed by atoms with van der Waals surface area (Å²) in [6.07, 6.45) is -2.33. The van der Waals surface area contributed by atoms with E-state index >= 15 is 0 Å². The Balaban J connectivity index is 1.76. The van der Waals surface area contributed by atoms with E-state index in [4.69, 9.17) is 18.9 Å². The van der Waals surface area contributed by atoms with Crippen LogP contribution in [0.15, 0.2) is 36.0 Å². The molecule has 4 N–H and O–H groups in total. The van der Waals surface area contributed by atoms with Crippen molar-refractivity contribution < 1.29 is 44.2 Å². The summed E-state index contributed by atoms with van der Waals surface area (Å²) in [5.41, 5.74) is -0.568. The minimum Gasteiger partial charge on any atom is -0.454 e. The average Bonchev–Trinajstić information content (AvgIpc) is 3.14. The molecule has 3 fully saturated rings. The van der Waals surface area contributed by atoms with E-state index in [2.05, 4.69) is 13.2 Å². The van der Waals surface area contributed by atoms with E-state index in [1.807, 2.05) is 0 Å². The Labute approximate surface area is 161 Å². The van der Waals surface area contributed by atoms with Crippen LogP contribution in [0.4, 0.5) is 0 Å². The van der Waals surface area contributed by atoms with Crippen molar-refractivity contribution in [1.82, 2.24) is 0 Å². The molecule has 5 rings (SSSR count). The smallest absolute Gasteiger partial charge is 0.334 e. The second kappa shape index (κ2) is 6.74. The molecule has 0 aromatic heterocycles. The van der Waals surface area contributed by atoms with Crippen LogP contribution in [0.3, 0.4) is 0 Å². The van der Waals surface area contributed by atoms with Crippen LogP contribution in [0.2, 0.25) is 0 Å². The van der Waals surface area contributed by atoms with Gasteiger partial charge in [0.2, 0.25) is 5.79 Å². The number of epoxide rings is 1. The van der Waals surface area contributed by atoms with Gasteiger partial charge in [-0.05, 0) is 18.1 Å². The number of carbonyl (C=O) groups excluding carboxylic acids is 1. The number of carbonyl (C=O) groups is 1. The van der Waals surface area contributed by atoms with Gasteiger partial charge in [-0.2, -0.15) is 0 Å². The molecule has 9 heteroatoms. The molecule has 3 saturated heterocycles. The van der Waals surface area contributed by atoms with Gasteiger partial charge in [-0.3, -0.25) is 0 Å². The van der Waals surface area contributed by atoms with Crippen molar-refractivity contribution in [2.45, 2.75) is 55.4 Å². The largest absolute Gasteiger partial charge is 0.454 e. The van der Waals surface area contributed by atoms with E-state index in [1.54, 1.807) is 6.08 Å². The van der Waals surface area contributed by atoms with Crippen LogP contribution in [0.5, 0.6) is 0 Å². The summed E-state index contributed by atoms with van der Waals surface area (Å²) in [6.45, 7) is 6.94. The lowest BCUT2D eigenvalue weighted by molar-refractivity contribution is -0.179. The normalized spacial score (nSPS) is 43.4. The third-order valence-corrected chi connectivity index (χ3v) is 6.00. The zero-order chi connectivity index (χ0) is 20.3. The van der Waals surface area contributed by atoms with Crippen LogP contribution in [0.25, 0.3) is 0 Å². The number of aliphatic hydroxyl groups is 4. The third-order valence-electron chi connectivity index (χ3n) is 6.00. The van der Waals surface area contributed by atoms with E-state index < -0.39 is 54.7 Å². The van der Waals surface area contributed by atoms with Crippen LogP contribution in [0, 0.1) is 5.92 Å². The quantitative estimate of drug-likeness (QED) is 0.159. The number of esters is 1. The molecule has 7 atom stereocenters. The Morgan fingerprint density at radius 3 is 2.93 bits per heavy atom. The fraction of sp³-hybridized carbons (Fsp3) is 0.632. The summed E-state index contributed by atoms with van der Waals surface area (Å²) in [4.78, 5) is 12.2. The molecule has 1 aliphatic carbocycles. The first-order valence-electron chi connectivity index (χ1n) is 9.14. The monoisotopic (exact) mass is 396 g/mol. The highest BCUT2D eigenvalue weighted by atomic mass is 16.8. The lowest BCUT2D eigenvalue weighted by atomic mass is 9.80. The Hall–Kier alpha value is -1.59. The topological polar surface area (TPSA) is 138 Å². The van der Waals surface area contributed by atoms with Crippen LogP contribution in [0.1, 0.15) is 19.3 Å². The van der Waals surface area contributed by atoms with Crippen LogP contribution >= 0.6 is 0 Å². The predicted octanol–water partition coefficient (Wildman–Crippen LogP) is -0.747. The molecule has 5 aliphatic rings. The standard InChI is InChI=1S/C19H24O9/c1-9(7-20)15(21)27-13-6-18-17(23)25-8-11(3-4-19(18,24)28-18)5-12-14(13)10(2)16(22)26-12/h5,12-15,17,20-21,23-24H,1-4,6-8H2. The lowest BCUT2D eigenvalue weighted by Gasteiger charge is -2.35. The minimum atomic E-state index is -1.62. The van der Waals surface area contributed by atoms with Gasteiger partial charge in [-0.15, -0.1) is 0 Å². The molecule has 1 spiro atoms. The predicted molar refractivity (Wildman–Crippen MR) is 92.3 cm³/mol. The SMILES string of the molecule is C=C(CO)C(O)OC1CC23OC2(O)CCC(=CC2OC(=O)C(=C)C21)COC3O. The fourth-order valence-electron chi connectivity index (χ4n) is 4.25. The molecule has 154 valence electrons. The van der Waals surface area contributed by atoms with E-state index in [0.29, 0.717) is 6.42 Å². The molecule has 4 aliphatic heterocycles. The van der Waals surface area contributed by atoms with Gasteiger partial charge in [0.1, 0.15) is 6.10 Å². The zero-order valence-electron chi connectivity index (χ0n) is 15.2. The van der Waals surface area contributed by atoms with Gasteiger partial charge in [0.05, 0.1) is 25.2 Å². The molecule has 4 heterocycles. The van der Waals surface area contributed by atoms with E-state index in [9.17, 15) is 25.2 Å². The Kier molecular flexibility index (Phi) is 4.74. The van der Waals surface area contributed by atoms with Crippen molar-refractivity contribution in [2.75, 3.05) is 13.2 Å². The second-order valence-corrected chi connectivity index (χ2v) is 7.73. The van der Waals surface area contributed by atoms with Gasteiger partial charge in [-0.25, -0.2) is 4.79 Å². The summed E-state index contributed by atoms with van der Waals surface area (Å²) in [6, 6.07) is 0. The molecule has 28 heavy (non-hydrogen) atoms. The van der Waals surface area contributed by atoms with Crippen LogP contribution < -0.4 is 0 Å². The number of aliphatic hydroxyl groups excluding tert-OH is 3. The molecule has 0 saturated carbocycles. The van der Waals surface area contributed by atoms with Crippen molar-refractivity contribution in [2.24, 2.45) is 5.92 Å². The lowest BCUT2D eigenvalue weighted by Crippen LogP contribution is -2.48. The Morgan fingerprint density at radius 2 is 2.21 bits per heavy atom. The number of ether oxygens (including phenoxy) is 4. The molecular weight excluding hydrogens is 372 g/mol. The van der Waals surface area contributed by atoms with Gasteiger partial charge in [0, 0.05) is 24.0 Å². The highest BCUT2D eigenvalue weighted by Crippen LogP contribution is 2.58. The molecule has 2 bridgehead atoms. The van der Waals surface area contributed by atoms with E-state index in [-0.39, 0.29) is 30.6 Å². The molecular formula is C19H24O9. The first kappa shape index (κ1) is 19.7. The summed E-state index contributed by atoms with van der Waals surface area (Å²) in [7, 11) is 0. The van der Waals surface area contributed by atoms with Crippen molar-refractivity contribution in [3.63, 3.8) is 0 Å². The number of fused-ring (bicyclic) bond motifs is 4. The van der Waals surface area contributed by atoms with E-state index in [0.717, 1.165) is 5.57 Å². The summed E-state index contributed by atoms with van der Waals surface area (Å²) in [5.74, 6) is -2.89. The van der Waals surface area contributed by atoms with E-state index in [1.165, 1.54) is 0 Å². The fourth-order valence-corrected chi connectivity index (χ4v) is 4.25. The van der Waals surface area contributed by atoms with Crippen molar-refractivity contribution in [1.29, 1.82) is 0 Å². The first-order valence-corrected chi connectivity index (χ1v) is 9.14. The van der Waals surface area contributed by atoms with Crippen molar-refractivity contribution in [3.05, 3.63) is 36.0 Å². The second-order valence-electron chi connectivity index (χ2n) is 7.73. The summed E-state index contributed by atoms with van der Waals surface area (Å²) >= 11 is 0. The molecule has 0 amide bonds. The summed E-state index contributed by atoms with van der Waals surface area (Å²) < 4.78 is 22.2. The molecule has 0 radical (unpaired) electrons. The highest BCUT2D eigenvalue weighted by Gasteiger charge is 2.75. The molecule has 9 nitrogen and oxygen atoms in total. The highest BCUT2D eigenvalue weighted by molar-refractivity contribution is 5.91. The number of hydrogen-bond acceptors (Lipinski definition) is 9.